The topological polar surface area (TPSA) is 72.6 Å². The molecule has 0 heterocycles. The number of nitrogens with zero attached hydrogens (tertiary/aromatic N) is 1. The third kappa shape index (κ3) is 4.54. The second-order valence-electron chi connectivity index (χ2n) is 4.09. The van der Waals surface area contributed by atoms with Gasteiger partial charge in [0.15, 0.2) is 0 Å². The molecule has 1 aromatic rings. The monoisotopic (exact) mass is 302 g/mol. The van der Waals surface area contributed by atoms with E-state index in [0.29, 0.717) is 24.3 Å². The molecule has 0 saturated heterocycles. The van der Waals surface area contributed by atoms with Gasteiger partial charge in [0.05, 0.1) is 12.4 Å². The minimum atomic E-state index is -3.40. The molecule has 0 amide bonds. The number of methoxy groups -OCH3 is 1. The molecule has 0 radical (unpaired) electrons. The van der Waals surface area contributed by atoms with E-state index in [1.807, 2.05) is 0 Å². The van der Waals surface area contributed by atoms with Crippen LogP contribution in [0.4, 0.5) is 0 Å². The van der Waals surface area contributed by atoms with E-state index in [2.05, 4.69) is 0 Å². The van der Waals surface area contributed by atoms with Crippen molar-refractivity contribution in [3.8, 4) is 0 Å². The summed E-state index contributed by atoms with van der Waals surface area (Å²) in [7, 11) is -0.348. The maximum absolute atomic E-state index is 12.2. The Morgan fingerprint density at radius 1 is 1.42 bits per heavy atom. The first-order chi connectivity index (χ1) is 8.88. The summed E-state index contributed by atoms with van der Waals surface area (Å²) in [6.45, 7) is 0.667. The van der Waals surface area contributed by atoms with Gasteiger partial charge in [0.25, 0.3) is 0 Å². The standard InChI is InChI=1S/C12H18N2O3S2/c1-14(7-8-17-2)19(15,16)9-10-5-3-4-6-11(10)12(13)18/h3-6H,7-9H2,1-2H3,(H2,13,18). The van der Waals surface area contributed by atoms with E-state index in [1.54, 1.807) is 24.3 Å². The highest BCUT2D eigenvalue weighted by Gasteiger charge is 2.20. The Morgan fingerprint density at radius 2 is 2.05 bits per heavy atom. The summed E-state index contributed by atoms with van der Waals surface area (Å²) in [5, 5.41) is 0. The average Bonchev–Trinajstić information content (AvgIpc) is 2.35. The first-order valence-electron chi connectivity index (χ1n) is 5.69. The van der Waals surface area contributed by atoms with Crippen molar-refractivity contribution in [1.82, 2.24) is 4.31 Å². The molecule has 19 heavy (non-hydrogen) atoms. The lowest BCUT2D eigenvalue weighted by Gasteiger charge is -2.17. The predicted molar refractivity (Wildman–Crippen MR) is 79.5 cm³/mol. The smallest absolute Gasteiger partial charge is 0.218 e. The molecule has 0 aliphatic carbocycles. The molecular weight excluding hydrogens is 284 g/mol. The van der Waals surface area contributed by atoms with Gasteiger partial charge in [0.1, 0.15) is 4.99 Å². The zero-order chi connectivity index (χ0) is 14.5. The molecule has 5 nitrogen and oxygen atoms in total. The maximum Gasteiger partial charge on any atom is 0.218 e. The van der Waals surface area contributed by atoms with Gasteiger partial charge in [0.2, 0.25) is 10.0 Å². The molecule has 0 fully saturated rings. The SMILES string of the molecule is COCCN(C)S(=O)(=O)Cc1ccccc1C(N)=S. The van der Waals surface area contributed by atoms with Crippen molar-refractivity contribution in [2.24, 2.45) is 5.73 Å². The van der Waals surface area contributed by atoms with Crippen molar-refractivity contribution < 1.29 is 13.2 Å². The molecule has 2 N–H and O–H groups in total. The number of ether oxygens (including phenoxy) is 1. The second kappa shape index (κ2) is 6.95. The fourth-order valence-electron chi connectivity index (χ4n) is 1.55. The van der Waals surface area contributed by atoms with Crippen LogP contribution in [0.25, 0.3) is 0 Å². The molecule has 0 aliphatic rings. The minimum absolute atomic E-state index is 0.124. The number of rotatable bonds is 7. The van der Waals surface area contributed by atoms with Gasteiger partial charge in [-0.05, 0) is 5.56 Å². The molecule has 1 rings (SSSR count). The van der Waals surface area contributed by atoms with E-state index >= 15 is 0 Å². The van der Waals surface area contributed by atoms with Crippen LogP contribution in [0.3, 0.4) is 0 Å². The number of nitrogens with two attached hydrogens (primary N) is 1. The Labute approximate surface area is 119 Å². The van der Waals surface area contributed by atoms with Crippen LogP contribution in [0.5, 0.6) is 0 Å². The number of hydrogen-bond acceptors (Lipinski definition) is 4. The number of hydrogen-bond donors (Lipinski definition) is 1. The molecule has 0 unspecified atom stereocenters. The van der Waals surface area contributed by atoms with Crippen molar-refractivity contribution in [2.75, 3.05) is 27.3 Å². The van der Waals surface area contributed by atoms with E-state index in [0.717, 1.165) is 0 Å². The van der Waals surface area contributed by atoms with Gasteiger partial charge in [0, 0.05) is 26.3 Å². The molecule has 106 valence electrons. The summed E-state index contributed by atoms with van der Waals surface area (Å²) < 4.78 is 30.5. The van der Waals surface area contributed by atoms with Crippen molar-refractivity contribution in [1.29, 1.82) is 0 Å². The average molecular weight is 302 g/mol. The van der Waals surface area contributed by atoms with Crippen LogP contribution in [0.15, 0.2) is 24.3 Å². The lowest BCUT2D eigenvalue weighted by atomic mass is 10.1. The predicted octanol–water partition coefficient (Wildman–Crippen LogP) is 0.729. The summed E-state index contributed by atoms with van der Waals surface area (Å²) in [5.41, 5.74) is 6.80. The molecule has 0 bridgehead atoms. The highest BCUT2D eigenvalue weighted by Crippen LogP contribution is 2.14. The first-order valence-corrected chi connectivity index (χ1v) is 7.71. The fraction of sp³-hybridized carbons (Fsp3) is 0.417. The summed E-state index contributed by atoms with van der Waals surface area (Å²) in [6.07, 6.45) is 0. The van der Waals surface area contributed by atoms with Crippen LogP contribution in [0, 0.1) is 0 Å². The zero-order valence-corrected chi connectivity index (χ0v) is 12.6. The van der Waals surface area contributed by atoms with E-state index in [4.69, 9.17) is 22.7 Å². The molecule has 0 atom stereocenters. The highest BCUT2D eigenvalue weighted by molar-refractivity contribution is 7.88. The van der Waals surface area contributed by atoms with E-state index in [-0.39, 0.29) is 10.7 Å². The number of benzene rings is 1. The van der Waals surface area contributed by atoms with Gasteiger partial charge in [-0.2, -0.15) is 0 Å². The molecule has 7 heteroatoms. The van der Waals surface area contributed by atoms with Crippen molar-refractivity contribution in [3.63, 3.8) is 0 Å². The molecule has 0 spiro atoms. The van der Waals surface area contributed by atoms with Gasteiger partial charge < -0.3 is 10.5 Å². The highest BCUT2D eigenvalue weighted by atomic mass is 32.2. The Bertz CT molecular complexity index is 544. The molecule has 0 aromatic heterocycles. The van der Waals surface area contributed by atoms with E-state index in [1.165, 1.54) is 18.5 Å². The van der Waals surface area contributed by atoms with Crippen LogP contribution in [-0.2, 0) is 20.5 Å². The quantitative estimate of drug-likeness (QED) is 0.752. The maximum atomic E-state index is 12.2. The van der Waals surface area contributed by atoms with Gasteiger partial charge in [-0.1, -0.05) is 36.5 Å². The van der Waals surface area contributed by atoms with Gasteiger partial charge in [-0.15, -0.1) is 0 Å². The Kier molecular flexibility index (Phi) is 5.86. The van der Waals surface area contributed by atoms with Crippen LogP contribution in [-0.4, -0.2) is 45.0 Å². The van der Waals surface area contributed by atoms with Crippen LogP contribution >= 0.6 is 12.2 Å². The van der Waals surface area contributed by atoms with E-state index in [9.17, 15) is 8.42 Å². The van der Waals surface area contributed by atoms with Gasteiger partial charge >= 0.3 is 0 Å². The first kappa shape index (κ1) is 16.0. The Morgan fingerprint density at radius 3 is 2.63 bits per heavy atom. The summed E-state index contributed by atoms with van der Waals surface area (Å²) in [6, 6.07) is 6.99. The molecular formula is C12H18N2O3S2. The van der Waals surface area contributed by atoms with Crippen LogP contribution < -0.4 is 5.73 Å². The summed E-state index contributed by atoms with van der Waals surface area (Å²) in [4.78, 5) is 0.199. The molecule has 0 aliphatic heterocycles. The van der Waals surface area contributed by atoms with Crippen LogP contribution in [0.1, 0.15) is 11.1 Å². The molecule has 1 aromatic carbocycles. The lowest BCUT2D eigenvalue weighted by molar-refractivity contribution is 0.185. The molecule has 0 saturated carbocycles. The largest absolute Gasteiger partial charge is 0.389 e. The van der Waals surface area contributed by atoms with Crippen molar-refractivity contribution >= 4 is 27.2 Å². The Hall–Kier alpha value is -1.02. The Balaban J connectivity index is 2.92. The third-order valence-corrected chi connectivity index (χ3v) is 4.73. The van der Waals surface area contributed by atoms with Crippen molar-refractivity contribution in [2.45, 2.75) is 5.75 Å². The number of sulfonamides is 1. The normalized spacial score (nSPS) is 11.7. The fourth-order valence-corrected chi connectivity index (χ4v) is 2.97. The summed E-state index contributed by atoms with van der Waals surface area (Å²) >= 11 is 4.92. The lowest BCUT2D eigenvalue weighted by Crippen LogP contribution is -2.31. The number of thiocarbonyl (C=S) groups is 1. The number of likely N-dealkylation sites (N-methyl/N-ethyl adjacent to an activating group) is 1. The second-order valence-corrected chi connectivity index (χ2v) is 6.61. The van der Waals surface area contributed by atoms with Gasteiger partial charge in [-0.3, -0.25) is 0 Å². The van der Waals surface area contributed by atoms with Crippen LogP contribution in [0.2, 0.25) is 0 Å². The van der Waals surface area contributed by atoms with Crippen molar-refractivity contribution in [3.05, 3.63) is 35.4 Å². The van der Waals surface area contributed by atoms with Gasteiger partial charge in [-0.25, -0.2) is 12.7 Å². The summed E-state index contributed by atoms with van der Waals surface area (Å²) in [5.74, 6) is -0.124. The van der Waals surface area contributed by atoms with E-state index < -0.39 is 10.0 Å². The zero-order valence-electron chi connectivity index (χ0n) is 11.0. The minimum Gasteiger partial charge on any atom is -0.389 e. The third-order valence-electron chi connectivity index (χ3n) is 2.71.